The number of aromatic nitrogens is 1. The zero-order valence-corrected chi connectivity index (χ0v) is 24.7. The van der Waals surface area contributed by atoms with Gasteiger partial charge in [0, 0.05) is 66.3 Å². The van der Waals surface area contributed by atoms with Crippen molar-refractivity contribution in [2.24, 2.45) is 0 Å². The molecule has 0 radical (unpaired) electrons. The van der Waals surface area contributed by atoms with Crippen LogP contribution in [0.15, 0.2) is 77.5 Å². The summed E-state index contributed by atoms with van der Waals surface area (Å²) in [7, 11) is 3.22. The van der Waals surface area contributed by atoms with Gasteiger partial charge in [0.1, 0.15) is 23.0 Å². The first-order valence-corrected chi connectivity index (χ1v) is 14.3. The van der Waals surface area contributed by atoms with Crippen LogP contribution >= 0.6 is 23.2 Å². The van der Waals surface area contributed by atoms with Crippen LogP contribution in [0.4, 0.5) is 17.1 Å². The Balaban J connectivity index is 1.20. The van der Waals surface area contributed by atoms with Crippen molar-refractivity contribution < 1.29 is 19.0 Å². The number of methoxy groups -OCH3 is 2. The van der Waals surface area contributed by atoms with Gasteiger partial charge in [-0.05, 0) is 54.6 Å². The Morgan fingerprint density at radius 2 is 1.64 bits per heavy atom. The zero-order chi connectivity index (χ0) is 29.2. The van der Waals surface area contributed by atoms with E-state index in [1.807, 2.05) is 30.3 Å². The molecule has 1 saturated heterocycles. The van der Waals surface area contributed by atoms with Crippen LogP contribution in [-0.4, -0.2) is 55.4 Å². The van der Waals surface area contributed by atoms with Crippen LogP contribution in [0.1, 0.15) is 5.76 Å². The Morgan fingerprint density at radius 1 is 0.881 bits per heavy atom. The smallest absolute Gasteiger partial charge is 0.139 e. The molecular formula is C32H30Cl2N4O4. The molecule has 0 spiro atoms. The fourth-order valence-electron chi connectivity index (χ4n) is 5.26. The summed E-state index contributed by atoms with van der Waals surface area (Å²) >= 11 is 12.7. The van der Waals surface area contributed by atoms with Gasteiger partial charge in [-0.15, -0.1) is 0 Å². The van der Waals surface area contributed by atoms with Gasteiger partial charge in [-0.2, -0.15) is 0 Å². The van der Waals surface area contributed by atoms with Crippen molar-refractivity contribution in [3.63, 3.8) is 0 Å². The van der Waals surface area contributed by atoms with Gasteiger partial charge >= 0.3 is 0 Å². The molecule has 0 unspecified atom stereocenters. The van der Waals surface area contributed by atoms with E-state index in [0.717, 1.165) is 71.9 Å². The monoisotopic (exact) mass is 604 g/mol. The quantitative estimate of drug-likeness (QED) is 0.187. The zero-order valence-electron chi connectivity index (χ0n) is 23.2. The molecule has 10 heteroatoms. The minimum Gasteiger partial charge on any atom is -0.508 e. The number of anilines is 3. The lowest BCUT2D eigenvalue weighted by atomic mass is 10.0. The number of rotatable bonds is 8. The molecule has 8 nitrogen and oxygen atoms in total. The molecule has 1 aliphatic heterocycles. The Bertz CT molecular complexity index is 1720. The van der Waals surface area contributed by atoms with Crippen molar-refractivity contribution in [1.82, 2.24) is 9.88 Å². The average Bonchev–Trinajstić information content (AvgIpc) is 3.47. The molecule has 1 fully saturated rings. The molecule has 0 aliphatic carbocycles. The first kappa shape index (κ1) is 28.0. The molecule has 0 amide bonds. The highest BCUT2D eigenvalue weighted by Gasteiger charge is 2.20. The molecule has 2 aromatic heterocycles. The number of benzene rings is 3. The summed E-state index contributed by atoms with van der Waals surface area (Å²) in [4.78, 5) is 9.33. The molecule has 216 valence electrons. The molecule has 6 rings (SSSR count). The first-order chi connectivity index (χ1) is 20.4. The highest BCUT2D eigenvalue weighted by atomic mass is 35.5. The summed E-state index contributed by atoms with van der Waals surface area (Å²) in [6, 6.07) is 18.7. The summed E-state index contributed by atoms with van der Waals surface area (Å²) in [6.07, 6.45) is 3.52. The van der Waals surface area contributed by atoms with Gasteiger partial charge in [0.05, 0.1) is 48.3 Å². The third kappa shape index (κ3) is 5.79. The van der Waals surface area contributed by atoms with Crippen LogP contribution in [0.5, 0.6) is 17.2 Å². The number of aromatic hydroxyl groups is 1. The van der Waals surface area contributed by atoms with Crippen LogP contribution < -0.4 is 19.7 Å². The van der Waals surface area contributed by atoms with Gasteiger partial charge in [-0.25, -0.2) is 0 Å². The number of halogens is 2. The van der Waals surface area contributed by atoms with E-state index in [1.165, 1.54) is 0 Å². The van der Waals surface area contributed by atoms with Gasteiger partial charge in [0.2, 0.25) is 0 Å². The highest BCUT2D eigenvalue weighted by Crippen LogP contribution is 2.40. The number of phenolic OH excluding ortho intramolecular Hbond substituents is 1. The average molecular weight is 606 g/mol. The van der Waals surface area contributed by atoms with Gasteiger partial charge in [-0.1, -0.05) is 23.2 Å². The lowest BCUT2D eigenvalue weighted by molar-refractivity contribution is 0.230. The maximum absolute atomic E-state index is 9.57. The van der Waals surface area contributed by atoms with Crippen LogP contribution in [0.3, 0.4) is 0 Å². The molecule has 0 atom stereocenters. The highest BCUT2D eigenvalue weighted by molar-refractivity contribution is 6.37. The third-order valence-corrected chi connectivity index (χ3v) is 8.11. The second kappa shape index (κ2) is 12.0. The van der Waals surface area contributed by atoms with E-state index in [0.29, 0.717) is 27.2 Å². The molecular weight excluding hydrogens is 575 g/mol. The number of phenols is 1. The van der Waals surface area contributed by atoms with E-state index in [-0.39, 0.29) is 5.75 Å². The maximum Gasteiger partial charge on any atom is 0.139 e. The predicted molar refractivity (Wildman–Crippen MR) is 168 cm³/mol. The Morgan fingerprint density at radius 3 is 2.38 bits per heavy atom. The van der Waals surface area contributed by atoms with E-state index in [1.54, 1.807) is 50.9 Å². The topological polar surface area (TPSA) is 83.2 Å². The van der Waals surface area contributed by atoms with Crippen LogP contribution in [-0.2, 0) is 6.54 Å². The largest absolute Gasteiger partial charge is 0.508 e. The lowest BCUT2D eigenvalue weighted by Crippen LogP contribution is -2.45. The normalized spacial score (nSPS) is 13.9. The fraction of sp³-hybridized carbons (Fsp3) is 0.219. The number of hydrogen-bond acceptors (Lipinski definition) is 8. The van der Waals surface area contributed by atoms with Gasteiger partial charge in [-0.3, -0.25) is 9.88 Å². The van der Waals surface area contributed by atoms with Crippen molar-refractivity contribution in [2.75, 3.05) is 50.6 Å². The third-order valence-electron chi connectivity index (χ3n) is 7.50. The number of fused-ring (bicyclic) bond motifs is 1. The molecule has 0 bridgehead atoms. The number of furan rings is 1. The van der Waals surface area contributed by atoms with Crippen LogP contribution in [0.25, 0.3) is 22.0 Å². The van der Waals surface area contributed by atoms with Crippen LogP contribution in [0.2, 0.25) is 10.0 Å². The van der Waals surface area contributed by atoms with Crippen molar-refractivity contribution in [3.05, 3.63) is 88.9 Å². The predicted octanol–water partition coefficient (Wildman–Crippen LogP) is 7.59. The Kier molecular flexibility index (Phi) is 8.02. The van der Waals surface area contributed by atoms with Crippen molar-refractivity contribution in [1.29, 1.82) is 0 Å². The number of nitrogens with zero attached hydrogens (tertiary/aromatic N) is 3. The SMILES string of the molecule is COc1cc(Nc2ccnc3cc(-c4coc(CN5CCN(c6ccc(O)cc6)CC5)c4)c(OC)cc23)c(Cl)cc1Cl. The molecule has 2 N–H and O–H groups in total. The molecule has 3 heterocycles. The van der Waals surface area contributed by atoms with Gasteiger partial charge in [0.25, 0.3) is 0 Å². The summed E-state index contributed by atoms with van der Waals surface area (Å²) in [5, 5.41) is 14.7. The maximum atomic E-state index is 9.57. The van der Waals surface area contributed by atoms with Crippen LogP contribution in [0, 0.1) is 0 Å². The minimum absolute atomic E-state index is 0.283. The van der Waals surface area contributed by atoms with E-state index < -0.39 is 0 Å². The summed E-state index contributed by atoms with van der Waals surface area (Å²) < 4.78 is 17.2. The number of hydrogen-bond donors (Lipinski definition) is 2. The van der Waals surface area contributed by atoms with Gasteiger partial charge < -0.3 is 29.2 Å². The lowest BCUT2D eigenvalue weighted by Gasteiger charge is -2.35. The number of piperazine rings is 1. The fourth-order valence-corrected chi connectivity index (χ4v) is 5.76. The number of pyridine rings is 1. The summed E-state index contributed by atoms with van der Waals surface area (Å²) in [6.45, 7) is 4.37. The molecule has 3 aromatic carbocycles. The summed E-state index contributed by atoms with van der Waals surface area (Å²) in [5.41, 5.74) is 5.22. The molecule has 0 saturated carbocycles. The van der Waals surface area contributed by atoms with E-state index >= 15 is 0 Å². The van der Waals surface area contributed by atoms with E-state index in [9.17, 15) is 5.11 Å². The molecule has 1 aliphatic rings. The van der Waals surface area contributed by atoms with E-state index in [2.05, 4.69) is 26.2 Å². The molecule has 5 aromatic rings. The minimum atomic E-state index is 0.283. The standard InChI is InChI=1S/C32H30Cl2N4O4/c1-40-31-15-25-28(36-30-17-32(41-2)27(34)16-26(30)33)7-8-35-29(25)14-24(31)20-13-23(42-19-20)18-37-9-11-38(12-10-37)21-3-5-22(39)6-4-21/h3-8,13-17,19,39H,9-12,18H2,1-2H3,(H,35,36). The number of nitrogens with one attached hydrogen (secondary N) is 1. The van der Waals surface area contributed by atoms with Gasteiger partial charge in [0.15, 0.2) is 0 Å². The van der Waals surface area contributed by atoms with Crippen molar-refractivity contribution in [2.45, 2.75) is 6.54 Å². The van der Waals surface area contributed by atoms with E-state index in [4.69, 9.17) is 37.1 Å². The number of ether oxygens (including phenoxy) is 2. The van der Waals surface area contributed by atoms with Crippen molar-refractivity contribution >= 4 is 51.2 Å². The Hall–Kier alpha value is -4.11. The second-order valence-electron chi connectivity index (χ2n) is 10.1. The van der Waals surface area contributed by atoms with Crippen molar-refractivity contribution in [3.8, 4) is 28.4 Å². The first-order valence-electron chi connectivity index (χ1n) is 13.5. The second-order valence-corrected chi connectivity index (χ2v) is 10.9. The Labute approximate surface area is 254 Å². The molecule has 42 heavy (non-hydrogen) atoms. The summed E-state index contributed by atoms with van der Waals surface area (Å²) in [5.74, 6) is 2.40.